The second-order valence-corrected chi connectivity index (χ2v) is 7.62. The zero-order valence-electron chi connectivity index (χ0n) is 14.2. The summed E-state index contributed by atoms with van der Waals surface area (Å²) in [5.74, 6) is -1.98. The van der Waals surface area contributed by atoms with Gasteiger partial charge in [0.05, 0.1) is 12.2 Å². The minimum Gasteiger partial charge on any atom is -0.280 e. The van der Waals surface area contributed by atoms with Gasteiger partial charge in [0.25, 0.3) is 10.0 Å². The Labute approximate surface area is 150 Å². The van der Waals surface area contributed by atoms with Crippen LogP contribution >= 0.6 is 0 Å². The van der Waals surface area contributed by atoms with Gasteiger partial charge in [-0.1, -0.05) is 12.1 Å². The largest absolute Gasteiger partial charge is 0.280 e. The normalized spacial score (nSPS) is 11.5. The van der Waals surface area contributed by atoms with Crippen LogP contribution in [0.4, 0.5) is 14.5 Å². The summed E-state index contributed by atoms with van der Waals surface area (Å²) in [6, 6.07) is 11.0. The fourth-order valence-corrected chi connectivity index (χ4v) is 3.75. The van der Waals surface area contributed by atoms with Crippen molar-refractivity contribution in [3.8, 4) is 0 Å². The van der Waals surface area contributed by atoms with Gasteiger partial charge in [-0.2, -0.15) is 5.10 Å². The van der Waals surface area contributed by atoms with Crippen molar-refractivity contribution in [2.45, 2.75) is 25.3 Å². The lowest BCUT2D eigenvalue weighted by atomic mass is 10.2. The lowest BCUT2D eigenvalue weighted by Crippen LogP contribution is -2.15. The summed E-state index contributed by atoms with van der Waals surface area (Å²) in [6.45, 7) is 4.30. The van der Waals surface area contributed by atoms with E-state index < -0.39 is 26.6 Å². The van der Waals surface area contributed by atoms with Crippen LogP contribution in [0.2, 0.25) is 0 Å². The average Bonchev–Trinajstić information content (AvgIpc) is 2.84. The predicted octanol–water partition coefficient (Wildman–Crippen LogP) is 3.63. The summed E-state index contributed by atoms with van der Waals surface area (Å²) >= 11 is 0. The smallest absolute Gasteiger partial charge is 0.264 e. The van der Waals surface area contributed by atoms with Gasteiger partial charge in [0.2, 0.25) is 0 Å². The second-order valence-electron chi connectivity index (χ2n) is 5.97. The molecule has 1 N–H and O–H groups in total. The standard InChI is InChI=1S/C18H17F2N3O2S/c1-12-8-13(2)23(21-12)11-14-4-3-5-16(9-14)22-26(24,25)18-7-6-15(19)10-17(18)20/h3-10,22H,11H2,1-2H3. The number of nitrogens with zero attached hydrogens (tertiary/aromatic N) is 2. The van der Waals surface area contributed by atoms with Crippen LogP contribution in [0.25, 0.3) is 0 Å². The van der Waals surface area contributed by atoms with E-state index in [0.29, 0.717) is 12.6 Å². The minimum atomic E-state index is -4.17. The van der Waals surface area contributed by atoms with Crippen molar-refractivity contribution in [1.82, 2.24) is 9.78 Å². The SMILES string of the molecule is Cc1cc(C)n(Cc2cccc(NS(=O)(=O)c3ccc(F)cc3F)c2)n1. The Hall–Kier alpha value is -2.74. The van der Waals surface area contributed by atoms with Gasteiger partial charge in [0, 0.05) is 17.4 Å². The van der Waals surface area contributed by atoms with E-state index in [1.165, 1.54) is 0 Å². The topological polar surface area (TPSA) is 64.0 Å². The van der Waals surface area contributed by atoms with Crippen molar-refractivity contribution in [3.05, 3.63) is 77.1 Å². The number of sulfonamides is 1. The first-order valence-corrected chi connectivity index (χ1v) is 9.31. The maximum atomic E-state index is 13.8. The molecule has 0 saturated heterocycles. The predicted molar refractivity (Wildman–Crippen MR) is 94.4 cm³/mol. The van der Waals surface area contributed by atoms with Crippen LogP contribution in [-0.4, -0.2) is 18.2 Å². The van der Waals surface area contributed by atoms with E-state index in [1.54, 1.807) is 18.2 Å². The molecular weight excluding hydrogens is 360 g/mol. The van der Waals surface area contributed by atoms with E-state index in [2.05, 4.69) is 9.82 Å². The molecule has 0 amide bonds. The summed E-state index contributed by atoms with van der Waals surface area (Å²) in [5.41, 5.74) is 3.00. The molecule has 5 nitrogen and oxygen atoms in total. The molecule has 3 rings (SSSR count). The number of aromatic nitrogens is 2. The average molecular weight is 377 g/mol. The maximum Gasteiger partial charge on any atom is 0.264 e. The molecule has 8 heteroatoms. The first-order chi connectivity index (χ1) is 12.2. The highest BCUT2D eigenvalue weighted by Crippen LogP contribution is 2.21. The highest BCUT2D eigenvalue weighted by Gasteiger charge is 2.19. The number of nitrogens with one attached hydrogen (secondary N) is 1. The highest BCUT2D eigenvalue weighted by molar-refractivity contribution is 7.92. The van der Waals surface area contributed by atoms with Crippen molar-refractivity contribution in [2.24, 2.45) is 0 Å². The van der Waals surface area contributed by atoms with Gasteiger partial charge in [0.1, 0.15) is 16.5 Å². The first kappa shape index (κ1) is 18.1. The number of hydrogen-bond donors (Lipinski definition) is 1. The Morgan fingerprint density at radius 1 is 1.08 bits per heavy atom. The number of benzene rings is 2. The van der Waals surface area contributed by atoms with Gasteiger partial charge in [0.15, 0.2) is 0 Å². The lowest BCUT2D eigenvalue weighted by Gasteiger charge is -2.11. The van der Waals surface area contributed by atoms with Gasteiger partial charge >= 0.3 is 0 Å². The number of hydrogen-bond acceptors (Lipinski definition) is 3. The molecule has 0 spiro atoms. The molecule has 0 fully saturated rings. The van der Waals surface area contributed by atoms with Crippen LogP contribution in [0, 0.1) is 25.5 Å². The van der Waals surface area contributed by atoms with Gasteiger partial charge in [-0.05, 0) is 49.7 Å². The molecule has 0 aliphatic carbocycles. The van der Waals surface area contributed by atoms with Crippen molar-refractivity contribution >= 4 is 15.7 Å². The van der Waals surface area contributed by atoms with Crippen molar-refractivity contribution in [1.29, 1.82) is 0 Å². The third-order valence-corrected chi connectivity index (χ3v) is 5.21. The fraction of sp³-hybridized carbons (Fsp3) is 0.167. The Bertz CT molecular complexity index is 1060. The van der Waals surface area contributed by atoms with Gasteiger partial charge in [-0.3, -0.25) is 9.40 Å². The summed E-state index contributed by atoms with van der Waals surface area (Å²) in [6.07, 6.45) is 0. The Kier molecular flexibility index (Phi) is 4.78. The molecule has 0 bridgehead atoms. The van der Waals surface area contributed by atoms with E-state index in [0.717, 1.165) is 29.1 Å². The van der Waals surface area contributed by atoms with Crippen LogP contribution in [0.5, 0.6) is 0 Å². The quantitative estimate of drug-likeness (QED) is 0.739. The Morgan fingerprint density at radius 2 is 1.85 bits per heavy atom. The number of halogens is 2. The molecule has 0 unspecified atom stereocenters. The summed E-state index contributed by atoms with van der Waals surface area (Å²) in [4.78, 5) is -0.608. The molecule has 1 heterocycles. The summed E-state index contributed by atoms with van der Waals surface area (Å²) in [7, 11) is -4.17. The van der Waals surface area contributed by atoms with E-state index in [9.17, 15) is 17.2 Å². The van der Waals surface area contributed by atoms with E-state index >= 15 is 0 Å². The third kappa shape index (κ3) is 3.91. The number of aryl methyl sites for hydroxylation is 2. The Morgan fingerprint density at radius 3 is 2.50 bits per heavy atom. The van der Waals surface area contributed by atoms with E-state index in [1.807, 2.05) is 30.7 Å². The number of rotatable bonds is 5. The Balaban J connectivity index is 1.85. The van der Waals surface area contributed by atoms with Crippen LogP contribution in [0.3, 0.4) is 0 Å². The van der Waals surface area contributed by atoms with Gasteiger partial charge in [-0.25, -0.2) is 17.2 Å². The van der Waals surface area contributed by atoms with Crippen molar-refractivity contribution in [3.63, 3.8) is 0 Å². The molecule has 3 aromatic rings. The molecule has 0 aliphatic heterocycles. The van der Waals surface area contributed by atoms with Crippen LogP contribution in [0.1, 0.15) is 17.0 Å². The lowest BCUT2D eigenvalue weighted by molar-refractivity contribution is 0.551. The molecule has 136 valence electrons. The maximum absolute atomic E-state index is 13.8. The second kappa shape index (κ2) is 6.87. The molecular formula is C18H17F2N3O2S. The van der Waals surface area contributed by atoms with Crippen molar-refractivity contribution < 1.29 is 17.2 Å². The molecule has 2 aromatic carbocycles. The monoisotopic (exact) mass is 377 g/mol. The van der Waals surface area contributed by atoms with Crippen molar-refractivity contribution in [2.75, 3.05) is 4.72 Å². The highest BCUT2D eigenvalue weighted by atomic mass is 32.2. The third-order valence-electron chi connectivity index (χ3n) is 3.80. The molecule has 0 saturated carbocycles. The molecule has 26 heavy (non-hydrogen) atoms. The van der Waals surface area contributed by atoms with E-state index in [-0.39, 0.29) is 5.69 Å². The molecule has 0 atom stereocenters. The van der Waals surface area contributed by atoms with Crippen LogP contribution in [-0.2, 0) is 16.6 Å². The first-order valence-electron chi connectivity index (χ1n) is 7.82. The zero-order chi connectivity index (χ0) is 18.9. The van der Waals surface area contributed by atoms with Gasteiger partial charge in [-0.15, -0.1) is 0 Å². The fourth-order valence-electron chi connectivity index (χ4n) is 2.64. The van der Waals surface area contributed by atoms with Gasteiger partial charge < -0.3 is 0 Å². The minimum absolute atomic E-state index is 0.285. The summed E-state index contributed by atoms with van der Waals surface area (Å²) in [5, 5.41) is 4.37. The molecule has 1 aromatic heterocycles. The summed E-state index contributed by atoms with van der Waals surface area (Å²) < 4.78 is 55.7. The zero-order valence-corrected chi connectivity index (χ0v) is 15.0. The number of anilines is 1. The van der Waals surface area contributed by atoms with E-state index in [4.69, 9.17) is 0 Å². The van der Waals surface area contributed by atoms with Crippen LogP contribution < -0.4 is 4.72 Å². The molecule has 0 radical (unpaired) electrons. The van der Waals surface area contributed by atoms with Crippen LogP contribution in [0.15, 0.2) is 53.4 Å². The molecule has 0 aliphatic rings.